The summed E-state index contributed by atoms with van der Waals surface area (Å²) in [6.45, 7) is 0.857. The first-order chi connectivity index (χ1) is 13.5. The fraction of sp³-hybridized carbons (Fsp3) is 0.238. The second-order valence-electron chi connectivity index (χ2n) is 6.61. The number of hydrogen-bond acceptors (Lipinski definition) is 4. The Hall–Kier alpha value is -2.70. The van der Waals surface area contributed by atoms with Gasteiger partial charge in [-0.1, -0.05) is 23.7 Å². The van der Waals surface area contributed by atoms with Crippen molar-refractivity contribution >= 4 is 28.5 Å². The van der Waals surface area contributed by atoms with Gasteiger partial charge in [0.05, 0.1) is 17.0 Å². The maximum Gasteiger partial charge on any atom is 0.290 e. The minimum atomic E-state index is -0.624. The summed E-state index contributed by atoms with van der Waals surface area (Å²) in [5.41, 5.74) is 0.741. The predicted octanol–water partition coefficient (Wildman–Crippen LogP) is 4.17. The number of benzene rings is 2. The van der Waals surface area contributed by atoms with Gasteiger partial charge in [-0.25, -0.2) is 4.39 Å². The van der Waals surface area contributed by atoms with Crippen molar-refractivity contribution in [1.82, 2.24) is 4.90 Å². The molecule has 0 fully saturated rings. The molecule has 1 amide bonds. The van der Waals surface area contributed by atoms with Gasteiger partial charge >= 0.3 is 0 Å². The van der Waals surface area contributed by atoms with E-state index in [0.29, 0.717) is 24.6 Å². The lowest BCUT2D eigenvalue weighted by molar-refractivity contribution is 0.0708. The Morgan fingerprint density at radius 2 is 1.93 bits per heavy atom. The largest absolute Gasteiger partial charge is 0.450 e. The molecule has 5 nitrogen and oxygen atoms in total. The van der Waals surface area contributed by atoms with Crippen LogP contribution in [-0.4, -0.2) is 31.1 Å². The van der Waals surface area contributed by atoms with Crippen LogP contribution in [0.4, 0.5) is 4.39 Å². The molecule has 2 aromatic carbocycles. The molecule has 28 heavy (non-hydrogen) atoms. The SMILES string of the molecule is COCCCN1C(=O)c2oc3ccc(F)cc3c(=O)c2C1c1ccc(Cl)cc1. The van der Waals surface area contributed by atoms with E-state index in [1.165, 1.54) is 12.1 Å². The highest BCUT2D eigenvalue weighted by atomic mass is 35.5. The number of amides is 1. The normalized spacial score (nSPS) is 16.0. The average molecular weight is 402 g/mol. The van der Waals surface area contributed by atoms with E-state index in [2.05, 4.69) is 0 Å². The van der Waals surface area contributed by atoms with Crippen molar-refractivity contribution in [2.24, 2.45) is 0 Å². The Morgan fingerprint density at radius 3 is 2.64 bits per heavy atom. The van der Waals surface area contributed by atoms with E-state index in [-0.39, 0.29) is 28.2 Å². The minimum Gasteiger partial charge on any atom is -0.450 e. The van der Waals surface area contributed by atoms with Crippen LogP contribution in [0.25, 0.3) is 11.0 Å². The molecule has 1 aromatic heterocycles. The second-order valence-corrected chi connectivity index (χ2v) is 7.05. The van der Waals surface area contributed by atoms with E-state index < -0.39 is 17.3 Å². The Bertz CT molecular complexity index is 1110. The van der Waals surface area contributed by atoms with Crippen LogP contribution in [-0.2, 0) is 4.74 Å². The molecule has 2 heterocycles. The quantitative estimate of drug-likeness (QED) is 0.602. The number of nitrogens with zero attached hydrogens (tertiary/aromatic N) is 1. The maximum absolute atomic E-state index is 13.7. The maximum atomic E-state index is 13.7. The molecule has 0 saturated heterocycles. The van der Waals surface area contributed by atoms with E-state index in [0.717, 1.165) is 11.6 Å². The lowest BCUT2D eigenvalue weighted by atomic mass is 9.98. The highest BCUT2D eigenvalue weighted by molar-refractivity contribution is 6.30. The molecular weight excluding hydrogens is 385 g/mol. The molecule has 0 saturated carbocycles. The van der Waals surface area contributed by atoms with Gasteiger partial charge in [0.15, 0.2) is 5.43 Å². The average Bonchev–Trinajstić information content (AvgIpc) is 2.96. The van der Waals surface area contributed by atoms with Gasteiger partial charge in [0.25, 0.3) is 5.91 Å². The van der Waals surface area contributed by atoms with Crippen molar-refractivity contribution in [3.05, 3.63) is 80.4 Å². The Kier molecular flexibility index (Phi) is 4.91. The van der Waals surface area contributed by atoms with Crippen LogP contribution in [0, 0.1) is 5.82 Å². The molecule has 1 aliphatic heterocycles. The fourth-order valence-electron chi connectivity index (χ4n) is 3.59. The minimum absolute atomic E-state index is 0.00137. The van der Waals surface area contributed by atoms with Gasteiger partial charge in [-0.15, -0.1) is 0 Å². The first-order valence-electron chi connectivity index (χ1n) is 8.83. The smallest absolute Gasteiger partial charge is 0.290 e. The van der Waals surface area contributed by atoms with Gasteiger partial charge < -0.3 is 14.1 Å². The molecule has 0 aliphatic carbocycles. The van der Waals surface area contributed by atoms with E-state index >= 15 is 0 Å². The Morgan fingerprint density at radius 1 is 1.18 bits per heavy atom. The molecule has 0 spiro atoms. The molecule has 4 rings (SSSR count). The lowest BCUT2D eigenvalue weighted by Gasteiger charge is -2.25. The number of methoxy groups -OCH3 is 1. The summed E-state index contributed by atoms with van der Waals surface area (Å²) in [4.78, 5) is 27.8. The number of ether oxygens (including phenoxy) is 1. The van der Waals surface area contributed by atoms with Crippen LogP contribution < -0.4 is 5.43 Å². The molecule has 144 valence electrons. The van der Waals surface area contributed by atoms with Gasteiger partial charge in [-0.3, -0.25) is 9.59 Å². The zero-order chi connectivity index (χ0) is 19.8. The summed E-state index contributed by atoms with van der Waals surface area (Å²) in [6, 6.07) is 10.0. The van der Waals surface area contributed by atoms with Gasteiger partial charge in [-0.05, 0) is 42.3 Å². The number of hydrogen-bond donors (Lipinski definition) is 0. The molecule has 7 heteroatoms. The van der Waals surface area contributed by atoms with E-state index in [1.807, 2.05) is 0 Å². The first-order valence-corrected chi connectivity index (χ1v) is 9.20. The van der Waals surface area contributed by atoms with Gasteiger partial charge in [0, 0.05) is 25.3 Å². The second kappa shape index (κ2) is 7.37. The molecule has 0 N–H and O–H groups in total. The van der Waals surface area contributed by atoms with Crippen LogP contribution in [0.1, 0.15) is 34.1 Å². The van der Waals surface area contributed by atoms with Crippen molar-refractivity contribution in [3.63, 3.8) is 0 Å². The zero-order valence-corrected chi connectivity index (χ0v) is 15.8. The predicted molar refractivity (Wildman–Crippen MR) is 103 cm³/mol. The third kappa shape index (κ3) is 3.08. The number of carbonyl (C=O) groups excluding carboxylic acids is 1. The third-order valence-electron chi connectivity index (χ3n) is 4.86. The topological polar surface area (TPSA) is 59.8 Å². The summed E-state index contributed by atoms with van der Waals surface area (Å²) in [6.07, 6.45) is 0.600. The molecule has 1 unspecified atom stereocenters. The summed E-state index contributed by atoms with van der Waals surface area (Å²) in [5, 5.41) is 0.663. The fourth-order valence-corrected chi connectivity index (χ4v) is 3.72. The van der Waals surface area contributed by atoms with E-state index in [1.54, 1.807) is 36.3 Å². The molecular formula is C21H17ClFNO4. The van der Waals surface area contributed by atoms with Crippen LogP contribution in [0.3, 0.4) is 0 Å². The standard InChI is InChI=1S/C21H17ClFNO4/c1-27-10-2-9-24-18(12-3-5-13(22)6-4-12)17-19(25)15-11-14(23)7-8-16(15)28-20(17)21(24)26/h3-8,11,18H,2,9-10H2,1H3. The third-order valence-corrected chi connectivity index (χ3v) is 5.11. The zero-order valence-electron chi connectivity index (χ0n) is 15.1. The number of halogens is 2. The summed E-state index contributed by atoms with van der Waals surface area (Å²) < 4.78 is 24.5. The molecule has 1 aliphatic rings. The highest BCUT2D eigenvalue weighted by Crippen LogP contribution is 2.38. The first kappa shape index (κ1) is 18.7. The van der Waals surface area contributed by atoms with Crippen molar-refractivity contribution in [2.45, 2.75) is 12.5 Å². The number of rotatable bonds is 5. The van der Waals surface area contributed by atoms with Crippen molar-refractivity contribution in [2.75, 3.05) is 20.3 Å². The van der Waals surface area contributed by atoms with Crippen LogP contribution in [0.5, 0.6) is 0 Å². The van der Waals surface area contributed by atoms with E-state index in [4.69, 9.17) is 20.8 Å². The van der Waals surface area contributed by atoms with Crippen LogP contribution >= 0.6 is 11.6 Å². The molecule has 1 atom stereocenters. The Labute approximate surface area is 165 Å². The number of fused-ring (bicyclic) bond motifs is 2. The van der Waals surface area contributed by atoms with Gasteiger partial charge in [-0.2, -0.15) is 0 Å². The monoisotopic (exact) mass is 401 g/mol. The molecule has 0 radical (unpaired) electrons. The summed E-state index contributed by atoms with van der Waals surface area (Å²) >= 11 is 5.99. The Balaban J connectivity index is 1.92. The highest BCUT2D eigenvalue weighted by Gasteiger charge is 2.42. The summed E-state index contributed by atoms with van der Waals surface area (Å²) in [5.74, 6) is -0.903. The van der Waals surface area contributed by atoms with Crippen LogP contribution in [0.2, 0.25) is 5.02 Å². The summed E-state index contributed by atoms with van der Waals surface area (Å²) in [7, 11) is 1.59. The van der Waals surface area contributed by atoms with Crippen molar-refractivity contribution < 1.29 is 18.3 Å². The van der Waals surface area contributed by atoms with Gasteiger partial charge in [0.2, 0.25) is 5.76 Å². The van der Waals surface area contributed by atoms with Gasteiger partial charge in [0.1, 0.15) is 11.4 Å². The molecule has 3 aromatic rings. The molecule has 0 bridgehead atoms. The lowest BCUT2D eigenvalue weighted by Crippen LogP contribution is -2.31. The van der Waals surface area contributed by atoms with E-state index in [9.17, 15) is 14.0 Å². The van der Waals surface area contributed by atoms with Crippen LogP contribution in [0.15, 0.2) is 51.7 Å². The van der Waals surface area contributed by atoms with Crippen molar-refractivity contribution in [1.29, 1.82) is 0 Å². The number of carbonyl (C=O) groups is 1. The van der Waals surface area contributed by atoms with Crippen molar-refractivity contribution in [3.8, 4) is 0 Å².